The van der Waals surface area contributed by atoms with Crippen molar-refractivity contribution in [3.05, 3.63) is 96.7 Å². The Morgan fingerprint density at radius 3 is 2.32 bits per heavy atom. The van der Waals surface area contributed by atoms with Crippen LogP contribution in [0.3, 0.4) is 0 Å². The van der Waals surface area contributed by atoms with Crippen LogP contribution in [-0.4, -0.2) is 28.6 Å². The van der Waals surface area contributed by atoms with Crippen LogP contribution in [0.15, 0.2) is 96.0 Å². The molecule has 0 bridgehead atoms. The van der Waals surface area contributed by atoms with E-state index < -0.39 is 0 Å². The fourth-order valence-corrected chi connectivity index (χ4v) is 3.89. The Bertz CT molecular complexity index is 1130. The van der Waals surface area contributed by atoms with E-state index in [1.165, 1.54) is 11.8 Å². The van der Waals surface area contributed by atoms with Crippen molar-refractivity contribution in [3.63, 3.8) is 0 Å². The number of amides is 1. The number of nitrogens with one attached hydrogen (secondary N) is 1. The molecule has 31 heavy (non-hydrogen) atoms. The van der Waals surface area contributed by atoms with E-state index in [0.29, 0.717) is 12.3 Å². The summed E-state index contributed by atoms with van der Waals surface area (Å²) in [5.41, 5.74) is 3.84. The summed E-state index contributed by atoms with van der Waals surface area (Å²) in [6.45, 7) is 0.416. The van der Waals surface area contributed by atoms with E-state index in [1.54, 1.807) is 7.11 Å². The van der Waals surface area contributed by atoms with Crippen LogP contribution in [0.2, 0.25) is 0 Å². The summed E-state index contributed by atoms with van der Waals surface area (Å²) in [7, 11) is 1.64. The van der Waals surface area contributed by atoms with Crippen LogP contribution in [0.4, 0.5) is 0 Å². The number of hydrogen-bond acceptors (Lipinski definition) is 4. The van der Waals surface area contributed by atoms with Crippen LogP contribution >= 0.6 is 11.8 Å². The minimum atomic E-state index is -0.0210. The molecular weight excluding hydrogens is 406 g/mol. The Labute approximate surface area is 186 Å². The van der Waals surface area contributed by atoms with E-state index in [2.05, 4.69) is 5.32 Å². The first kappa shape index (κ1) is 20.8. The van der Waals surface area contributed by atoms with Crippen LogP contribution in [0.1, 0.15) is 5.56 Å². The number of carbonyl (C=O) groups excluding carboxylic acids is 1. The van der Waals surface area contributed by atoms with Crippen LogP contribution in [0.25, 0.3) is 16.9 Å². The number of carbonyl (C=O) groups is 1. The van der Waals surface area contributed by atoms with Gasteiger partial charge in [0.25, 0.3) is 0 Å². The van der Waals surface area contributed by atoms with Gasteiger partial charge in [0.1, 0.15) is 5.75 Å². The van der Waals surface area contributed by atoms with Crippen LogP contribution in [0, 0.1) is 0 Å². The maximum absolute atomic E-state index is 12.5. The van der Waals surface area contributed by atoms with Gasteiger partial charge in [0, 0.05) is 28.8 Å². The molecule has 0 aliphatic rings. The zero-order chi connectivity index (χ0) is 21.5. The molecule has 3 aromatic carbocycles. The lowest BCUT2D eigenvalue weighted by atomic mass is 10.1. The van der Waals surface area contributed by atoms with Gasteiger partial charge in [-0.15, -0.1) is 11.8 Å². The highest BCUT2D eigenvalue weighted by molar-refractivity contribution is 8.00. The number of nitrogens with zero attached hydrogens (tertiary/aromatic N) is 2. The van der Waals surface area contributed by atoms with Gasteiger partial charge in [-0.3, -0.25) is 4.79 Å². The number of thioether (sulfide) groups is 1. The first-order chi connectivity index (χ1) is 15.2. The second kappa shape index (κ2) is 10.00. The Kier molecular flexibility index (Phi) is 6.69. The second-order valence-electron chi connectivity index (χ2n) is 6.89. The van der Waals surface area contributed by atoms with E-state index >= 15 is 0 Å². The Morgan fingerprint density at radius 2 is 1.65 bits per heavy atom. The third-order valence-electron chi connectivity index (χ3n) is 4.76. The van der Waals surface area contributed by atoms with E-state index in [0.717, 1.165) is 33.2 Å². The minimum absolute atomic E-state index is 0.0210. The van der Waals surface area contributed by atoms with Gasteiger partial charge >= 0.3 is 0 Å². The van der Waals surface area contributed by atoms with Crippen molar-refractivity contribution in [1.29, 1.82) is 0 Å². The number of methoxy groups -OCH3 is 1. The lowest BCUT2D eigenvalue weighted by Crippen LogP contribution is -2.24. The zero-order valence-corrected chi connectivity index (χ0v) is 18.0. The molecule has 0 saturated carbocycles. The lowest BCUT2D eigenvalue weighted by molar-refractivity contribution is -0.118. The summed E-state index contributed by atoms with van der Waals surface area (Å²) in [6.07, 6.45) is 1.98. The third-order valence-corrected chi connectivity index (χ3v) is 5.78. The molecule has 1 aromatic heterocycles. The van der Waals surface area contributed by atoms with Crippen LogP contribution in [0.5, 0.6) is 5.75 Å². The molecule has 0 radical (unpaired) electrons. The minimum Gasteiger partial charge on any atom is -0.497 e. The van der Waals surface area contributed by atoms with Gasteiger partial charge in [0.15, 0.2) is 0 Å². The van der Waals surface area contributed by atoms with E-state index in [4.69, 9.17) is 9.84 Å². The summed E-state index contributed by atoms with van der Waals surface area (Å²) >= 11 is 1.50. The molecular formula is C25H23N3O2S. The highest BCUT2D eigenvalue weighted by atomic mass is 32.2. The van der Waals surface area contributed by atoms with Gasteiger partial charge in [0.2, 0.25) is 5.91 Å². The fourth-order valence-electron chi connectivity index (χ4n) is 3.16. The van der Waals surface area contributed by atoms with Gasteiger partial charge in [-0.05, 0) is 36.4 Å². The Morgan fingerprint density at radius 1 is 0.968 bits per heavy atom. The highest BCUT2D eigenvalue weighted by Crippen LogP contribution is 2.24. The predicted molar refractivity (Wildman–Crippen MR) is 125 cm³/mol. The summed E-state index contributed by atoms with van der Waals surface area (Å²) < 4.78 is 7.02. The number of para-hydroxylation sites is 1. The van der Waals surface area contributed by atoms with Crippen LogP contribution in [-0.2, 0) is 11.3 Å². The SMILES string of the molecule is COc1ccc(SCC(=O)NCc2cn(-c3ccccc3)nc2-c2ccccc2)cc1. The van der Waals surface area contributed by atoms with Crippen molar-refractivity contribution >= 4 is 17.7 Å². The lowest BCUT2D eigenvalue weighted by Gasteiger charge is -2.06. The molecule has 0 spiro atoms. The normalized spacial score (nSPS) is 10.6. The molecule has 6 heteroatoms. The van der Waals surface area contributed by atoms with Crippen molar-refractivity contribution in [2.24, 2.45) is 0 Å². The maximum atomic E-state index is 12.5. The van der Waals surface area contributed by atoms with Crippen molar-refractivity contribution in [2.45, 2.75) is 11.4 Å². The molecule has 5 nitrogen and oxygen atoms in total. The van der Waals surface area contributed by atoms with E-state index in [9.17, 15) is 4.79 Å². The van der Waals surface area contributed by atoms with Crippen LogP contribution < -0.4 is 10.1 Å². The average molecular weight is 430 g/mol. The molecule has 0 aliphatic heterocycles. The molecule has 4 rings (SSSR count). The highest BCUT2D eigenvalue weighted by Gasteiger charge is 2.13. The van der Waals surface area contributed by atoms with Gasteiger partial charge in [0.05, 0.1) is 24.2 Å². The van der Waals surface area contributed by atoms with Gasteiger partial charge in [-0.2, -0.15) is 5.10 Å². The van der Waals surface area contributed by atoms with Gasteiger partial charge in [-0.1, -0.05) is 48.5 Å². The Hall–Kier alpha value is -3.51. The molecule has 0 saturated heterocycles. The third kappa shape index (κ3) is 5.35. The molecule has 1 N–H and O–H groups in total. The van der Waals surface area contributed by atoms with Crippen molar-refractivity contribution in [2.75, 3.05) is 12.9 Å². The molecule has 0 atom stereocenters. The Balaban J connectivity index is 1.45. The molecule has 1 amide bonds. The largest absolute Gasteiger partial charge is 0.497 e. The van der Waals surface area contributed by atoms with Gasteiger partial charge < -0.3 is 10.1 Å². The summed E-state index contributed by atoms with van der Waals surface area (Å²) in [5.74, 6) is 1.13. The molecule has 4 aromatic rings. The number of ether oxygens (including phenoxy) is 1. The summed E-state index contributed by atoms with van der Waals surface area (Å²) in [6, 6.07) is 27.7. The smallest absolute Gasteiger partial charge is 0.230 e. The zero-order valence-electron chi connectivity index (χ0n) is 17.2. The fraction of sp³-hybridized carbons (Fsp3) is 0.120. The predicted octanol–water partition coefficient (Wildman–Crippen LogP) is 4.96. The standard InChI is InChI=1S/C25H23N3O2S/c1-30-22-12-14-23(15-13-22)31-18-24(29)26-16-20-17-28(21-10-6-3-7-11-21)27-25(20)19-8-4-2-5-9-19/h2-15,17H,16,18H2,1H3,(H,26,29). The van der Waals surface area contributed by atoms with Crippen molar-refractivity contribution in [1.82, 2.24) is 15.1 Å². The molecule has 156 valence electrons. The molecule has 0 aliphatic carbocycles. The average Bonchev–Trinajstić information content (AvgIpc) is 3.27. The maximum Gasteiger partial charge on any atom is 0.230 e. The topological polar surface area (TPSA) is 56.1 Å². The van der Waals surface area contributed by atoms with E-state index in [-0.39, 0.29) is 5.91 Å². The number of hydrogen-bond donors (Lipinski definition) is 1. The van der Waals surface area contributed by atoms with E-state index in [1.807, 2.05) is 95.8 Å². The van der Waals surface area contributed by atoms with Gasteiger partial charge in [-0.25, -0.2) is 4.68 Å². The monoisotopic (exact) mass is 429 g/mol. The molecule has 1 heterocycles. The summed E-state index contributed by atoms with van der Waals surface area (Å²) in [5, 5.41) is 7.82. The number of rotatable bonds is 8. The number of benzene rings is 3. The first-order valence-corrected chi connectivity index (χ1v) is 10.9. The number of aromatic nitrogens is 2. The second-order valence-corrected chi connectivity index (χ2v) is 7.94. The van der Waals surface area contributed by atoms with Crippen molar-refractivity contribution < 1.29 is 9.53 Å². The molecule has 0 unspecified atom stereocenters. The van der Waals surface area contributed by atoms with Crippen molar-refractivity contribution in [3.8, 4) is 22.7 Å². The molecule has 0 fully saturated rings. The summed E-state index contributed by atoms with van der Waals surface area (Å²) in [4.78, 5) is 13.5. The quantitative estimate of drug-likeness (QED) is 0.403. The first-order valence-electron chi connectivity index (χ1n) is 9.96.